The molecule has 0 aromatic heterocycles. The molecule has 0 spiro atoms. The van der Waals surface area contributed by atoms with Crippen LogP contribution in [-0.2, 0) is 14.3 Å². The average Bonchev–Trinajstić information content (AvgIpc) is 2.71. The Morgan fingerprint density at radius 3 is 2.72 bits per heavy atom. The molecule has 0 N–H and O–H groups in total. The third kappa shape index (κ3) is 4.79. The van der Waals surface area contributed by atoms with Gasteiger partial charge in [-0.15, -0.1) is 0 Å². The number of rotatable bonds is 8. The molecule has 2 unspecified atom stereocenters. The molecule has 0 heterocycles. The van der Waals surface area contributed by atoms with Gasteiger partial charge in [0.05, 0.1) is 7.11 Å². The summed E-state index contributed by atoms with van der Waals surface area (Å²) in [5, 5.41) is 0. The van der Waals surface area contributed by atoms with Crippen LogP contribution in [0.1, 0.15) is 64.7 Å². The van der Waals surface area contributed by atoms with Gasteiger partial charge in [-0.3, -0.25) is 9.59 Å². The predicted octanol–water partition coefficient (Wildman–Crippen LogP) is 3.51. The first-order chi connectivity index (χ1) is 8.69. The van der Waals surface area contributed by atoms with E-state index in [1.807, 2.05) is 0 Å². The van der Waals surface area contributed by atoms with Crippen LogP contribution in [0, 0.1) is 11.8 Å². The highest BCUT2D eigenvalue weighted by Gasteiger charge is 2.33. The highest BCUT2D eigenvalue weighted by Crippen LogP contribution is 2.36. The lowest BCUT2D eigenvalue weighted by atomic mass is 9.86. The molecule has 3 nitrogen and oxygen atoms in total. The van der Waals surface area contributed by atoms with Gasteiger partial charge in [0, 0.05) is 18.8 Å². The second-order valence-electron chi connectivity index (χ2n) is 5.34. The number of carbonyl (C=O) groups is 2. The molecule has 1 fully saturated rings. The van der Waals surface area contributed by atoms with E-state index in [4.69, 9.17) is 0 Å². The summed E-state index contributed by atoms with van der Waals surface area (Å²) in [7, 11) is 1.43. The minimum atomic E-state index is -0.137. The molecule has 1 saturated carbocycles. The molecule has 3 heteroatoms. The molecule has 0 saturated heterocycles. The number of unbranched alkanes of at least 4 members (excludes halogenated alkanes) is 2. The Hall–Kier alpha value is -0.860. The van der Waals surface area contributed by atoms with E-state index < -0.39 is 0 Å². The standard InChI is InChI=1S/C15H26O3/c1-3-4-5-8-13-12(10-11-14(13)16)7-6-9-15(17)18-2/h12-13H,3-11H2,1-2H3. The van der Waals surface area contributed by atoms with Crippen molar-refractivity contribution >= 4 is 11.8 Å². The zero-order chi connectivity index (χ0) is 13.4. The maximum absolute atomic E-state index is 11.8. The van der Waals surface area contributed by atoms with Crippen molar-refractivity contribution in [1.29, 1.82) is 0 Å². The maximum atomic E-state index is 11.8. The monoisotopic (exact) mass is 254 g/mol. The molecule has 1 aliphatic rings. The smallest absolute Gasteiger partial charge is 0.305 e. The minimum Gasteiger partial charge on any atom is -0.469 e. The van der Waals surface area contributed by atoms with E-state index in [0.717, 1.165) is 32.1 Å². The molecular weight excluding hydrogens is 228 g/mol. The van der Waals surface area contributed by atoms with Gasteiger partial charge in [-0.1, -0.05) is 26.2 Å². The summed E-state index contributed by atoms with van der Waals surface area (Å²) in [4.78, 5) is 22.9. The Morgan fingerprint density at radius 1 is 1.28 bits per heavy atom. The summed E-state index contributed by atoms with van der Waals surface area (Å²) >= 11 is 0. The van der Waals surface area contributed by atoms with Crippen LogP contribution in [-0.4, -0.2) is 18.9 Å². The zero-order valence-corrected chi connectivity index (χ0v) is 11.7. The molecule has 0 aromatic carbocycles. The van der Waals surface area contributed by atoms with Crippen molar-refractivity contribution in [1.82, 2.24) is 0 Å². The quantitative estimate of drug-likeness (QED) is 0.492. The van der Waals surface area contributed by atoms with E-state index >= 15 is 0 Å². The highest BCUT2D eigenvalue weighted by molar-refractivity contribution is 5.83. The topological polar surface area (TPSA) is 43.4 Å². The molecule has 0 bridgehead atoms. The fourth-order valence-corrected chi connectivity index (χ4v) is 2.94. The Labute approximate surface area is 110 Å². The van der Waals surface area contributed by atoms with Gasteiger partial charge in [0.15, 0.2) is 0 Å². The largest absolute Gasteiger partial charge is 0.469 e. The lowest BCUT2D eigenvalue weighted by Crippen LogP contribution is -2.15. The van der Waals surface area contributed by atoms with Gasteiger partial charge in [0.2, 0.25) is 0 Å². The summed E-state index contributed by atoms with van der Waals surface area (Å²) in [6, 6.07) is 0. The van der Waals surface area contributed by atoms with Crippen molar-refractivity contribution in [3.8, 4) is 0 Å². The number of hydrogen-bond donors (Lipinski definition) is 0. The second-order valence-corrected chi connectivity index (χ2v) is 5.34. The van der Waals surface area contributed by atoms with E-state index in [2.05, 4.69) is 11.7 Å². The van der Waals surface area contributed by atoms with Gasteiger partial charge in [0.1, 0.15) is 5.78 Å². The summed E-state index contributed by atoms with van der Waals surface area (Å²) in [6.45, 7) is 2.18. The van der Waals surface area contributed by atoms with E-state index in [0.29, 0.717) is 18.1 Å². The molecule has 0 radical (unpaired) electrons. The van der Waals surface area contributed by atoms with Gasteiger partial charge in [-0.2, -0.15) is 0 Å². The van der Waals surface area contributed by atoms with Gasteiger partial charge in [-0.25, -0.2) is 0 Å². The van der Waals surface area contributed by atoms with Crippen molar-refractivity contribution < 1.29 is 14.3 Å². The number of ketones is 1. The summed E-state index contributed by atoms with van der Waals surface area (Å²) in [6.07, 6.45) is 8.76. The Balaban J connectivity index is 2.29. The van der Waals surface area contributed by atoms with E-state index in [-0.39, 0.29) is 11.9 Å². The molecule has 104 valence electrons. The van der Waals surface area contributed by atoms with Crippen molar-refractivity contribution in [3.63, 3.8) is 0 Å². The number of carbonyl (C=O) groups excluding carboxylic acids is 2. The Morgan fingerprint density at radius 2 is 2.06 bits per heavy atom. The molecule has 0 aliphatic heterocycles. The maximum Gasteiger partial charge on any atom is 0.305 e. The van der Waals surface area contributed by atoms with Crippen molar-refractivity contribution in [2.24, 2.45) is 11.8 Å². The fraction of sp³-hybridized carbons (Fsp3) is 0.867. The lowest BCUT2D eigenvalue weighted by Gasteiger charge is -2.17. The van der Waals surface area contributed by atoms with Crippen molar-refractivity contribution in [2.75, 3.05) is 7.11 Å². The summed E-state index contributed by atoms with van der Waals surface area (Å²) < 4.78 is 4.64. The summed E-state index contributed by atoms with van der Waals surface area (Å²) in [5.74, 6) is 1.10. The van der Waals surface area contributed by atoms with Crippen LogP contribution in [0.4, 0.5) is 0 Å². The normalized spacial score (nSPS) is 23.3. The first-order valence-electron chi connectivity index (χ1n) is 7.28. The zero-order valence-electron chi connectivity index (χ0n) is 11.7. The van der Waals surface area contributed by atoms with Crippen LogP contribution in [0.5, 0.6) is 0 Å². The molecule has 1 aliphatic carbocycles. The molecular formula is C15H26O3. The number of ether oxygens (including phenoxy) is 1. The van der Waals surface area contributed by atoms with Gasteiger partial charge < -0.3 is 4.74 Å². The third-order valence-electron chi connectivity index (χ3n) is 4.05. The SMILES string of the molecule is CCCCCC1C(=O)CCC1CCCC(=O)OC. The van der Waals surface area contributed by atoms with E-state index in [1.165, 1.54) is 26.4 Å². The van der Waals surface area contributed by atoms with E-state index in [9.17, 15) is 9.59 Å². The average molecular weight is 254 g/mol. The lowest BCUT2D eigenvalue weighted by molar-refractivity contribution is -0.140. The van der Waals surface area contributed by atoms with Crippen LogP contribution in [0.3, 0.4) is 0 Å². The van der Waals surface area contributed by atoms with Gasteiger partial charge >= 0.3 is 5.97 Å². The minimum absolute atomic E-state index is 0.137. The predicted molar refractivity (Wildman–Crippen MR) is 71.2 cm³/mol. The fourth-order valence-electron chi connectivity index (χ4n) is 2.94. The molecule has 1 rings (SSSR count). The number of methoxy groups -OCH3 is 1. The second kappa shape index (κ2) is 8.28. The molecule has 0 amide bonds. The highest BCUT2D eigenvalue weighted by atomic mass is 16.5. The van der Waals surface area contributed by atoms with Gasteiger partial charge in [0.25, 0.3) is 0 Å². The van der Waals surface area contributed by atoms with Crippen LogP contribution in [0.2, 0.25) is 0 Å². The van der Waals surface area contributed by atoms with Crippen molar-refractivity contribution in [3.05, 3.63) is 0 Å². The first kappa shape index (κ1) is 15.2. The van der Waals surface area contributed by atoms with E-state index in [1.54, 1.807) is 0 Å². The van der Waals surface area contributed by atoms with Gasteiger partial charge in [-0.05, 0) is 31.6 Å². The molecule has 18 heavy (non-hydrogen) atoms. The molecule has 2 atom stereocenters. The number of Topliss-reactive ketones (excluding diaryl/α,β-unsaturated/α-hetero) is 1. The number of hydrogen-bond acceptors (Lipinski definition) is 3. The number of esters is 1. The molecule has 0 aromatic rings. The van der Waals surface area contributed by atoms with Crippen LogP contribution in [0.25, 0.3) is 0 Å². The van der Waals surface area contributed by atoms with Crippen LogP contribution in [0.15, 0.2) is 0 Å². The third-order valence-corrected chi connectivity index (χ3v) is 4.05. The van der Waals surface area contributed by atoms with Crippen molar-refractivity contribution in [2.45, 2.75) is 64.7 Å². The van der Waals surface area contributed by atoms with Crippen LogP contribution >= 0.6 is 0 Å². The Kier molecular flexibility index (Phi) is 6.99. The first-order valence-corrected chi connectivity index (χ1v) is 7.28. The van der Waals surface area contributed by atoms with Crippen LogP contribution < -0.4 is 0 Å². The Bertz CT molecular complexity index is 273. The summed E-state index contributed by atoms with van der Waals surface area (Å²) in [5.41, 5.74) is 0.